The summed E-state index contributed by atoms with van der Waals surface area (Å²) in [5, 5.41) is 0. The topological polar surface area (TPSA) is 60.2 Å². The van der Waals surface area contributed by atoms with Crippen molar-refractivity contribution in [3.63, 3.8) is 0 Å². The van der Waals surface area contributed by atoms with Crippen LogP contribution in [0.15, 0.2) is 18.5 Å². The molecule has 0 spiro atoms. The van der Waals surface area contributed by atoms with E-state index in [0.29, 0.717) is 11.5 Å². The maximum absolute atomic E-state index is 13.6. The largest absolute Gasteiger partial charge is 0.379 e. The molecule has 0 aliphatic heterocycles. The van der Waals surface area contributed by atoms with Crippen LogP contribution in [-0.4, -0.2) is 18.2 Å². The second-order valence-corrected chi connectivity index (χ2v) is 4.08. The van der Waals surface area contributed by atoms with Crippen molar-refractivity contribution in [2.24, 2.45) is 11.8 Å². The average molecular weight is 225 g/mol. The van der Waals surface area contributed by atoms with Crippen molar-refractivity contribution in [3.05, 3.63) is 29.8 Å². The Kier molecular flexibility index (Phi) is 3.48. The molecule has 0 saturated heterocycles. The minimum absolute atomic E-state index is 0.0816. The van der Waals surface area contributed by atoms with Gasteiger partial charge in [-0.1, -0.05) is 0 Å². The van der Waals surface area contributed by atoms with Crippen molar-refractivity contribution in [2.45, 2.75) is 25.0 Å². The molecule has 4 nitrogen and oxygen atoms in total. The summed E-state index contributed by atoms with van der Waals surface area (Å²) < 4.78 is 19.0. The number of hydrogen-bond acceptors (Lipinski definition) is 4. The molecule has 1 aliphatic carbocycles. The first kappa shape index (κ1) is 11.4. The molecule has 2 rings (SSSR count). The van der Waals surface area contributed by atoms with Crippen molar-refractivity contribution >= 4 is 0 Å². The summed E-state index contributed by atoms with van der Waals surface area (Å²) in [4.78, 5) is 3.72. The van der Waals surface area contributed by atoms with E-state index >= 15 is 0 Å². The molecule has 0 aromatic carbocycles. The number of pyridine rings is 1. The molecule has 1 saturated carbocycles. The van der Waals surface area contributed by atoms with Crippen molar-refractivity contribution in [2.75, 3.05) is 7.11 Å². The van der Waals surface area contributed by atoms with Gasteiger partial charge in [-0.2, -0.15) is 0 Å². The molecule has 2 atom stereocenters. The third-order valence-electron chi connectivity index (χ3n) is 3.01. The fraction of sp³-hybridized carbons (Fsp3) is 0.545. The van der Waals surface area contributed by atoms with E-state index < -0.39 is 0 Å². The van der Waals surface area contributed by atoms with Crippen LogP contribution < -0.4 is 11.3 Å². The minimum atomic E-state index is -0.354. The van der Waals surface area contributed by atoms with Crippen LogP contribution in [0.25, 0.3) is 0 Å². The van der Waals surface area contributed by atoms with Gasteiger partial charge in [0.15, 0.2) is 0 Å². The van der Waals surface area contributed by atoms with Gasteiger partial charge < -0.3 is 4.74 Å². The molecule has 1 aliphatic rings. The zero-order chi connectivity index (χ0) is 11.5. The number of nitrogens with zero attached hydrogens (tertiary/aromatic N) is 1. The van der Waals surface area contributed by atoms with E-state index in [0.717, 1.165) is 12.8 Å². The monoisotopic (exact) mass is 225 g/mol. The second kappa shape index (κ2) is 4.86. The zero-order valence-electron chi connectivity index (χ0n) is 9.19. The van der Waals surface area contributed by atoms with E-state index in [1.807, 2.05) is 0 Å². The molecule has 0 bridgehead atoms. The van der Waals surface area contributed by atoms with Gasteiger partial charge >= 0.3 is 0 Å². The molecule has 0 amide bonds. The highest BCUT2D eigenvalue weighted by Crippen LogP contribution is 2.39. The average Bonchev–Trinajstić information content (AvgIpc) is 3.11. The predicted molar refractivity (Wildman–Crippen MR) is 57.8 cm³/mol. The molecule has 1 aromatic rings. The van der Waals surface area contributed by atoms with Crippen LogP contribution in [0.5, 0.6) is 0 Å². The van der Waals surface area contributed by atoms with E-state index in [-0.39, 0.29) is 18.0 Å². The summed E-state index contributed by atoms with van der Waals surface area (Å²) >= 11 is 0. The smallest absolute Gasteiger partial charge is 0.146 e. The van der Waals surface area contributed by atoms with Crippen LogP contribution in [0, 0.1) is 11.7 Å². The van der Waals surface area contributed by atoms with Gasteiger partial charge in [-0.05, 0) is 24.8 Å². The highest BCUT2D eigenvalue weighted by molar-refractivity contribution is 5.19. The van der Waals surface area contributed by atoms with Crippen molar-refractivity contribution in [1.29, 1.82) is 0 Å². The van der Waals surface area contributed by atoms with Gasteiger partial charge in [-0.15, -0.1) is 0 Å². The third kappa shape index (κ3) is 2.21. The lowest BCUT2D eigenvalue weighted by atomic mass is 9.99. The molecular formula is C11H16FN3O. The SMILES string of the molecule is COC(C1CC1)C(NN)c1ccncc1F. The molecule has 1 aromatic heterocycles. The van der Waals surface area contributed by atoms with Gasteiger partial charge in [0.2, 0.25) is 0 Å². The number of halogens is 1. The van der Waals surface area contributed by atoms with Crippen LogP contribution in [0.3, 0.4) is 0 Å². The van der Waals surface area contributed by atoms with Gasteiger partial charge in [-0.25, -0.2) is 4.39 Å². The molecule has 3 N–H and O–H groups in total. The lowest BCUT2D eigenvalue weighted by Crippen LogP contribution is -2.39. The quantitative estimate of drug-likeness (QED) is 0.583. The van der Waals surface area contributed by atoms with Gasteiger partial charge in [0.1, 0.15) is 5.82 Å². The lowest BCUT2D eigenvalue weighted by Gasteiger charge is -2.25. The van der Waals surface area contributed by atoms with E-state index in [4.69, 9.17) is 10.6 Å². The molecule has 2 unspecified atom stereocenters. The second-order valence-electron chi connectivity index (χ2n) is 4.08. The van der Waals surface area contributed by atoms with E-state index in [9.17, 15) is 4.39 Å². The van der Waals surface area contributed by atoms with Crippen LogP contribution in [-0.2, 0) is 4.74 Å². The van der Waals surface area contributed by atoms with Crippen molar-refractivity contribution in [1.82, 2.24) is 10.4 Å². The van der Waals surface area contributed by atoms with Gasteiger partial charge in [0.05, 0.1) is 18.3 Å². The predicted octanol–water partition coefficient (Wildman–Crippen LogP) is 1.15. The number of nitrogens with one attached hydrogen (secondary N) is 1. The number of ether oxygens (including phenoxy) is 1. The summed E-state index contributed by atoms with van der Waals surface area (Å²) in [6, 6.07) is 1.31. The fourth-order valence-electron chi connectivity index (χ4n) is 2.03. The number of hydrogen-bond donors (Lipinski definition) is 2. The molecule has 5 heteroatoms. The van der Waals surface area contributed by atoms with Gasteiger partial charge in [0.25, 0.3) is 0 Å². The van der Waals surface area contributed by atoms with Crippen LogP contribution in [0.4, 0.5) is 4.39 Å². The number of aromatic nitrogens is 1. The van der Waals surface area contributed by atoms with Gasteiger partial charge in [0, 0.05) is 18.9 Å². The molecule has 1 fully saturated rings. The highest BCUT2D eigenvalue weighted by Gasteiger charge is 2.38. The van der Waals surface area contributed by atoms with Crippen LogP contribution in [0.1, 0.15) is 24.4 Å². The van der Waals surface area contributed by atoms with Crippen molar-refractivity contribution < 1.29 is 9.13 Å². The zero-order valence-corrected chi connectivity index (χ0v) is 9.19. The Balaban J connectivity index is 2.23. The number of hydrazine groups is 1. The van der Waals surface area contributed by atoms with E-state index in [1.54, 1.807) is 19.4 Å². The Morgan fingerprint density at radius 1 is 1.62 bits per heavy atom. The maximum Gasteiger partial charge on any atom is 0.146 e. The fourth-order valence-corrected chi connectivity index (χ4v) is 2.03. The molecule has 1 heterocycles. The first-order valence-electron chi connectivity index (χ1n) is 5.36. The van der Waals surface area contributed by atoms with Gasteiger partial charge in [-0.3, -0.25) is 16.3 Å². The van der Waals surface area contributed by atoms with E-state index in [1.165, 1.54) is 6.20 Å². The Hall–Kier alpha value is -1.04. The number of rotatable bonds is 5. The normalized spacial score (nSPS) is 19.4. The Bertz CT molecular complexity index is 357. The maximum atomic E-state index is 13.6. The third-order valence-corrected chi connectivity index (χ3v) is 3.01. The number of nitrogens with two attached hydrogens (primary N) is 1. The Morgan fingerprint density at radius 3 is 2.88 bits per heavy atom. The number of methoxy groups -OCH3 is 1. The van der Waals surface area contributed by atoms with Crippen molar-refractivity contribution in [3.8, 4) is 0 Å². The summed E-state index contributed by atoms with van der Waals surface area (Å²) in [5.74, 6) is 5.62. The van der Waals surface area contributed by atoms with Crippen LogP contribution >= 0.6 is 0 Å². The summed E-state index contributed by atoms with van der Waals surface area (Å²) in [6.07, 6.45) is 4.90. The minimum Gasteiger partial charge on any atom is -0.379 e. The molecule has 0 radical (unpaired) electrons. The first-order chi connectivity index (χ1) is 7.77. The van der Waals surface area contributed by atoms with Crippen LogP contribution in [0.2, 0.25) is 0 Å². The first-order valence-corrected chi connectivity index (χ1v) is 5.36. The highest BCUT2D eigenvalue weighted by atomic mass is 19.1. The molecule has 88 valence electrons. The Morgan fingerprint density at radius 2 is 2.38 bits per heavy atom. The standard InChI is InChI=1S/C11H16FN3O/c1-16-11(7-2-3-7)10(15-13)8-4-5-14-6-9(8)12/h4-7,10-11,15H,2-3,13H2,1H3. The Labute approximate surface area is 94.0 Å². The summed E-state index contributed by atoms with van der Waals surface area (Å²) in [5.41, 5.74) is 3.15. The van der Waals surface area contributed by atoms with E-state index in [2.05, 4.69) is 10.4 Å². The summed E-state index contributed by atoms with van der Waals surface area (Å²) in [7, 11) is 1.63. The lowest BCUT2D eigenvalue weighted by molar-refractivity contribution is 0.0495. The molecular weight excluding hydrogens is 209 g/mol. The summed E-state index contributed by atoms with van der Waals surface area (Å²) in [6.45, 7) is 0. The molecule has 16 heavy (non-hydrogen) atoms.